The van der Waals surface area contributed by atoms with Gasteiger partial charge in [-0.15, -0.1) is 0 Å². The Kier molecular flexibility index (Phi) is 4.24. The molecule has 0 amide bonds. The van der Waals surface area contributed by atoms with Gasteiger partial charge in [-0.3, -0.25) is 0 Å². The normalized spacial score (nSPS) is 10.3. The Labute approximate surface area is 125 Å². The van der Waals surface area contributed by atoms with Crippen molar-refractivity contribution >= 4 is 51.8 Å². The van der Waals surface area contributed by atoms with Crippen LogP contribution >= 0.6 is 35.4 Å². The smallest absolute Gasteiger partial charge is 0.135 e. The first-order valence-electron chi connectivity index (χ1n) is 5.29. The predicted octanol–water partition coefficient (Wildman–Crippen LogP) is 4.51. The van der Waals surface area contributed by atoms with Crippen molar-refractivity contribution in [1.29, 1.82) is 0 Å². The molecule has 98 valence electrons. The summed E-state index contributed by atoms with van der Waals surface area (Å²) in [6.07, 6.45) is 0. The highest BCUT2D eigenvalue weighted by Gasteiger charge is 2.12. The van der Waals surface area contributed by atoms with Gasteiger partial charge in [0.2, 0.25) is 0 Å². The van der Waals surface area contributed by atoms with Crippen LogP contribution in [0.25, 0.3) is 0 Å². The van der Waals surface area contributed by atoms with Gasteiger partial charge in [-0.2, -0.15) is 0 Å². The van der Waals surface area contributed by atoms with Crippen LogP contribution in [0, 0.1) is 5.82 Å². The zero-order chi connectivity index (χ0) is 14.0. The van der Waals surface area contributed by atoms with Crippen LogP contribution in [-0.2, 0) is 0 Å². The van der Waals surface area contributed by atoms with Crippen LogP contribution in [-0.4, -0.2) is 4.99 Å². The number of nitrogens with two attached hydrogens (primary N) is 1. The van der Waals surface area contributed by atoms with Crippen LogP contribution < -0.4 is 11.1 Å². The molecule has 0 spiro atoms. The van der Waals surface area contributed by atoms with Gasteiger partial charge in [0.15, 0.2) is 0 Å². The molecule has 0 saturated carbocycles. The summed E-state index contributed by atoms with van der Waals surface area (Å²) in [6.45, 7) is 0. The summed E-state index contributed by atoms with van der Waals surface area (Å²) in [7, 11) is 0. The molecule has 2 aromatic rings. The van der Waals surface area contributed by atoms with E-state index in [1.54, 1.807) is 30.3 Å². The molecule has 0 aliphatic carbocycles. The monoisotopic (exact) mass is 314 g/mol. The first-order chi connectivity index (χ1) is 8.99. The molecule has 6 heteroatoms. The Balaban J connectivity index is 2.46. The number of hydrogen-bond donors (Lipinski definition) is 2. The van der Waals surface area contributed by atoms with Crippen LogP contribution in [0.1, 0.15) is 5.56 Å². The van der Waals surface area contributed by atoms with E-state index in [0.717, 1.165) is 0 Å². The van der Waals surface area contributed by atoms with E-state index in [4.69, 9.17) is 41.2 Å². The predicted molar refractivity (Wildman–Crippen MR) is 82.0 cm³/mol. The third kappa shape index (κ3) is 3.15. The van der Waals surface area contributed by atoms with E-state index in [2.05, 4.69) is 5.32 Å². The lowest BCUT2D eigenvalue weighted by atomic mass is 10.1. The molecule has 2 aromatic carbocycles. The first kappa shape index (κ1) is 14.1. The molecule has 0 heterocycles. The molecule has 0 aliphatic heterocycles. The van der Waals surface area contributed by atoms with Gasteiger partial charge in [0.1, 0.15) is 10.8 Å². The minimum absolute atomic E-state index is 0.0289. The lowest BCUT2D eigenvalue weighted by Gasteiger charge is -2.13. The molecular formula is C13H9Cl2FN2S. The standard InChI is InChI=1S/C13H9Cl2FN2S/c14-7-4-5-8(15)11(6-7)18-10-3-1-2-9(16)12(10)13(17)19/h1-6,18H,(H2,17,19). The number of thiocarbonyl (C=S) groups is 1. The van der Waals surface area contributed by atoms with Gasteiger partial charge >= 0.3 is 0 Å². The van der Waals surface area contributed by atoms with Crippen molar-refractivity contribution in [2.45, 2.75) is 0 Å². The van der Waals surface area contributed by atoms with Crippen LogP contribution in [0.3, 0.4) is 0 Å². The lowest BCUT2D eigenvalue weighted by molar-refractivity contribution is 0.626. The van der Waals surface area contributed by atoms with Crippen molar-refractivity contribution in [1.82, 2.24) is 0 Å². The van der Waals surface area contributed by atoms with Crippen molar-refractivity contribution in [2.75, 3.05) is 5.32 Å². The molecule has 2 nitrogen and oxygen atoms in total. The topological polar surface area (TPSA) is 38.0 Å². The second-order valence-electron chi connectivity index (χ2n) is 3.78. The molecule has 0 radical (unpaired) electrons. The minimum Gasteiger partial charge on any atom is -0.389 e. The molecule has 0 atom stereocenters. The van der Waals surface area contributed by atoms with Crippen LogP contribution in [0.2, 0.25) is 10.0 Å². The Morgan fingerprint density at radius 2 is 1.89 bits per heavy atom. The third-order valence-corrected chi connectivity index (χ3v) is 3.23. The highest BCUT2D eigenvalue weighted by Crippen LogP contribution is 2.30. The minimum atomic E-state index is -0.490. The van der Waals surface area contributed by atoms with E-state index in [1.807, 2.05) is 0 Å². The maximum atomic E-state index is 13.7. The third-order valence-electron chi connectivity index (χ3n) is 2.46. The van der Waals surface area contributed by atoms with E-state index in [9.17, 15) is 4.39 Å². The first-order valence-corrected chi connectivity index (χ1v) is 6.46. The quantitative estimate of drug-likeness (QED) is 0.819. The van der Waals surface area contributed by atoms with Gasteiger partial charge in [-0.1, -0.05) is 41.5 Å². The largest absolute Gasteiger partial charge is 0.389 e. The zero-order valence-electron chi connectivity index (χ0n) is 9.58. The van der Waals surface area contributed by atoms with Gasteiger partial charge in [0.25, 0.3) is 0 Å². The molecule has 2 rings (SSSR count). The highest BCUT2D eigenvalue weighted by molar-refractivity contribution is 7.80. The van der Waals surface area contributed by atoms with Gasteiger partial charge in [0.05, 0.1) is 22.0 Å². The number of hydrogen-bond acceptors (Lipinski definition) is 2. The van der Waals surface area contributed by atoms with Crippen molar-refractivity contribution in [3.05, 3.63) is 57.8 Å². The van der Waals surface area contributed by atoms with Crippen LogP contribution in [0.4, 0.5) is 15.8 Å². The molecule has 0 aromatic heterocycles. The number of benzene rings is 2. The summed E-state index contributed by atoms with van der Waals surface area (Å²) in [5.74, 6) is -0.490. The molecule has 0 aliphatic rings. The van der Waals surface area contributed by atoms with Gasteiger partial charge in [0, 0.05) is 5.02 Å². The molecular weight excluding hydrogens is 306 g/mol. The van der Waals surface area contributed by atoms with Crippen molar-refractivity contribution < 1.29 is 4.39 Å². The SMILES string of the molecule is NC(=S)c1c(F)cccc1Nc1cc(Cl)ccc1Cl. The van der Waals surface area contributed by atoms with E-state index in [0.29, 0.717) is 21.4 Å². The fourth-order valence-electron chi connectivity index (χ4n) is 1.62. The summed E-state index contributed by atoms with van der Waals surface area (Å²) in [5, 5.41) is 3.95. The number of halogens is 3. The van der Waals surface area contributed by atoms with E-state index in [1.165, 1.54) is 6.07 Å². The maximum Gasteiger partial charge on any atom is 0.135 e. The van der Waals surface area contributed by atoms with Crippen LogP contribution in [0.5, 0.6) is 0 Å². The maximum absolute atomic E-state index is 13.7. The van der Waals surface area contributed by atoms with Crippen molar-refractivity contribution in [3.8, 4) is 0 Å². The van der Waals surface area contributed by atoms with Crippen molar-refractivity contribution in [2.24, 2.45) is 5.73 Å². The summed E-state index contributed by atoms with van der Waals surface area (Å²) >= 11 is 16.8. The van der Waals surface area contributed by atoms with Gasteiger partial charge < -0.3 is 11.1 Å². The Morgan fingerprint density at radius 3 is 2.58 bits per heavy atom. The summed E-state index contributed by atoms with van der Waals surface area (Å²) in [6, 6.07) is 9.45. The molecule has 0 unspecified atom stereocenters. The highest BCUT2D eigenvalue weighted by atomic mass is 35.5. The average molecular weight is 315 g/mol. The Hall–Kier alpha value is -1.36. The zero-order valence-corrected chi connectivity index (χ0v) is 11.9. The molecule has 0 saturated heterocycles. The molecule has 19 heavy (non-hydrogen) atoms. The second-order valence-corrected chi connectivity index (χ2v) is 5.06. The fourth-order valence-corrected chi connectivity index (χ4v) is 2.16. The van der Waals surface area contributed by atoms with Crippen LogP contribution in [0.15, 0.2) is 36.4 Å². The van der Waals surface area contributed by atoms with Crippen molar-refractivity contribution in [3.63, 3.8) is 0 Å². The number of rotatable bonds is 3. The summed E-state index contributed by atoms with van der Waals surface area (Å²) in [5.41, 5.74) is 6.67. The summed E-state index contributed by atoms with van der Waals surface area (Å²) < 4.78 is 13.7. The molecule has 0 bridgehead atoms. The number of nitrogens with one attached hydrogen (secondary N) is 1. The summed E-state index contributed by atoms with van der Waals surface area (Å²) in [4.78, 5) is -0.0289. The lowest BCUT2D eigenvalue weighted by Crippen LogP contribution is -2.14. The fraction of sp³-hybridized carbons (Fsp3) is 0. The van der Waals surface area contributed by atoms with E-state index in [-0.39, 0.29) is 10.6 Å². The molecule has 0 fully saturated rings. The Bertz CT molecular complexity index is 647. The van der Waals surface area contributed by atoms with E-state index < -0.39 is 5.82 Å². The van der Waals surface area contributed by atoms with Gasteiger partial charge in [-0.05, 0) is 30.3 Å². The van der Waals surface area contributed by atoms with E-state index >= 15 is 0 Å². The van der Waals surface area contributed by atoms with Gasteiger partial charge in [-0.25, -0.2) is 4.39 Å². The Morgan fingerprint density at radius 1 is 1.16 bits per heavy atom. The molecule has 3 N–H and O–H groups in total. The average Bonchev–Trinajstić information content (AvgIpc) is 2.33. The second kappa shape index (κ2) is 5.74. The number of anilines is 2.